The molecule has 0 amide bonds. The first kappa shape index (κ1) is 8.08. The number of hydrogen-bond acceptors (Lipinski definition) is 3. The van der Waals surface area contributed by atoms with Crippen molar-refractivity contribution < 1.29 is 5.11 Å². The molecule has 0 aromatic carbocycles. The first-order chi connectivity index (χ1) is 4.50. The van der Waals surface area contributed by atoms with Crippen LogP contribution >= 0.6 is 11.8 Å². The van der Waals surface area contributed by atoms with Gasteiger partial charge >= 0.3 is 0 Å². The van der Waals surface area contributed by atoms with Gasteiger partial charge in [0.05, 0.1) is 16.7 Å². The molecule has 58 valence electrons. The van der Waals surface area contributed by atoms with Gasteiger partial charge in [-0.25, -0.2) is 0 Å². The monoisotopic (exact) mass is 159 g/mol. The Morgan fingerprint density at radius 3 is 2.50 bits per heavy atom. The number of rotatable bonds is 1. The van der Waals surface area contributed by atoms with E-state index in [0.717, 1.165) is 10.8 Å². The highest BCUT2D eigenvalue weighted by Crippen LogP contribution is 2.25. The van der Waals surface area contributed by atoms with E-state index in [-0.39, 0.29) is 6.04 Å². The topological polar surface area (TPSA) is 32.6 Å². The highest BCUT2D eigenvalue weighted by atomic mass is 32.2. The average molecular weight is 159 g/mol. The predicted octanol–water partition coefficient (Wildman–Crippen LogP) is 1.29. The maximum Gasteiger partial charge on any atom is 0.0884 e. The van der Waals surface area contributed by atoms with Crippen molar-refractivity contribution >= 4 is 16.8 Å². The summed E-state index contributed by atoms with van der Waals surface area (Å²) in [5, 5.41) is 10.6. The molecular weight excluding hydrogens is 146 g/mol. The minimum Gasteiger partial charge on any atom is -0.388 e. The van der Waals surface area contributed by atoms with Gasteiger partial charge in [-0.3, -0.25) is 4.99 Å². The van der Waals surface area contributed by atoms with Gasteiger partial charge in [-0.05, 0) is 20.8 Å². The molecule has 1 unspecified atom stereocenters. The van der Waals surface area contributed by atoms with E-state index >= 15 is 0 Å². The van der Waals surface area contributed by atoms with Gasteiger partial charge in [0.2, 0.25) is 0 Å². The van der Waals surface area contributed by atoms with Gasteiger partial charge in [0.1, 0.15) is 0 Å². The molecular formula is C7H13NOS. The van der Waals surface area contributed by atoms with Crippen molar-refractivity contribution in [2.75, 3.05) is 5.75 Å². The van der Waals surface area contributed by atoms with Gasteiger partial charge in [0.25, 0.3) is 0 Å². The first-order valence-corrected chi connectivity index (χ1v) is 4.38. The van der Waals surface area contributed by atoms with E-state index in [9.17, 15) is 5.11 Å². The van der Waals surface area contributed by atoms with Crippen LogP contribution < -0.4 is 0 Å². The third-order valence-electron chi connectivity index (χ3n) is 1.60. The Morgan fingerprint density at radius 1 is 1.70 bits per heavy atom. The molecule has 0 aromatic heterocycles. The lowest BCUT2D eigenvalue weighted by Crippen LogP contribution is -2.34. The highest BCUT2D eigenvalue weighted by Gasteiger charge is 2.29. The van der Waals surface area contributed by atoms with Crippen LogP contribution in [0.15, 0.2) is 4.99 Å². The van der Waals surface area contributed by atoms with Crippen molar-refractivity contribution in [3.05, 3.63) is 0 Å². The molecule has 2 nitrogen and oxygen atoms in total. The Labute approximate surface area is 65.7 Å². The summed E-state index contributed by atoms with van der Waals surface area (Å²) in [7, 11) is 0. The normalized spacial score (nSPS) is 26.8. The Bertz CT molecular complexity index is 159. The minimum atomic E-state index is -0.648. The van der Waals surface area contributed by atoms with Crippen LogP contribution in [0.25, 0.3) is 0 Å². The van der Waals surface area contributed by atoms with Crippen molar-refractivity contribution in [3.63, 3.8) is 0 Å². The maximum atomic E-state index is 9.51. The summed E-state index contributed by atoms with van der Waals surface area (Å²) in [6.45, 7) is 5.59. The third kappa shape index (κ3) is 1.73. The second kappa shape index (κ2) is 2.55. The molecule has 0 fully saturated rings. The van der Waals surface area contributed by atoms with Crippen LogP contribution in [0.5, 0.6) is 0 Å². The van der Waals surface area contributed by atoms with E-state index in [1.165, 1.54) is 0 Å². The smallest absolute Gasteiger partial charge is 0.0884 e. The largest absolute Gasteiger partial charge is 0.388 e. The SMILES string of the molecule is CC1=NC(C(C)(C)O)CS1. The van der Waals surface area contributed by atoms with Gasteiger partial charge < -0.3 is 5.11 Å². The summed E-state index contributed by atoms with van der Waals surface area (Å²) in [6.07, 6.45) is 0. The highest BCUT2D eigenvalue weighted by molar-refractivity contribution is 8.14. The molecule has 0 spiro atoms. The van der Waals surface area contributed by atoms with Gasteiger partial charge in [-0.1, -0.05) is 0 Å². The van der Waals surface area contributed by atoms with Crippen LogP contribution in [0.1, 0.15) is 20.8 Å². The molecule has 3 heteroatoms. The van der Waals surface area contributed by atoms with Gasteiger partial charge in [0.15, 0.2) is 0 Å². The predicted molar refractivity (Wildman–Crippen MR) is 45.7 cm³/mol. The molecule has 0 radical (unpaired) electrons. The zero-order valence-corrected chi connectivity index (χ0v) is 7.40. The molecule has 1 atom stereocenters. The molecule has 1 rings (SSSR count). The Hall–Kier alpha value is -0.0200. The van der Waals surface area contributed by atoms with E-state index in [2.05, 4.69) is 4.99 Å². The first-order valence-electron chi connectivity index (χ1n) is 3.40. The lowest BCUT2D eigenvalue weighted by molar-refractivity contribution is 0.0614. The Kier molecular flexibility index (Phi) is 2.06. The number of thioether (sulfide) groups is 1. The summed E-state index contributed by atoms with van der Waals surface area (Å²) in [5.74, 6) is 0.926. The summed E-state index contributed by atoms with van der Waals surface area (Å²) in [6, 6.07) is 0.0949. The van der Waals surface area contributed by atoms with Crippen molar-refractivity contribution in [2.45, 2.75) is 32.4 Å². The van der Waals surface area contributed by atoms with Crippen LogP contribution in [0.4, 0.5) is 0 Å². The summed E-state index contributed by atoms with van der Waals surface area (Å²) in [5.41, 5.74) is -0.648. The summed E-state index contributed by atoms with van der Waals surface area (Å²) >= 11 is 1.72. The molecule has 1 aliphatic rings. The lowest BCUT2D eigenvalue weighted by atomic mass is 10.0. The van der Waals surface area contributed by atoms with Crippen LogP contribution in [-0.2, 0) is 0 Å². The van der Waals surface area contributed by atoms with Gasteiger partial charge in [0, 0.05) is 5.75 Å². The molecule has 0 bridgehead atoms. The van der Waals surface area contributed by atoms with Crippen LogP contribution in [0, 0.1) is 0 Å². The minimum absolute atomic E-state index is 0.0949. The van der Waals surface area contributed by atoms with Crippen molar-refractivity contribution in [1.82, 2.24) is 0 Å². The van der Waals surface area contributed by atoms with Gasteiger partial charge in [-0.15, -0.1) is 11.8 Å². The molecule has 1 N–H and O–H groups in total. The summed E-state index contributed by atoms with van der Waals surface area (Å²) < 4.78 is 0. The van der Waals surface area contributed by atoms with E-state index in [0.29, 0.717) is 0 Å². The molecule has 10 heavy (non-hydrogen) atoms. The van der Waals surface area contributed by atoms with Crippen LogP contribution in [0.3, 0.4) is 0 Å². The molecule has 0 saturated carbocycles. The Morgan fingerprint density at radius 2 is 2.30 bits per heavy atom. The standard InChI is InChI=1S/C7H13NOS/c1-5-8-6(4-10-5)7(2,3)9/h6,9H,4H2,1-3H3. The fraction of sp³-hybridized carbons (Fsp3) is 0.857. The maximum absolute atomic E-state index is 9.51. The van der Waals surface area contributed by atoms with E-state index in [4.69, 9.17) is 0 Å². The van der Waals surface area contributed by atoms with E-state index < -0.39 is 5.60 Å². The van der Waals surface area contributed by atoms with Crippen molar-refractivity contribution in [3.8, 4) is 0 Å². The molecule has 0 saturated heterocycles. The number of aliphatic hydroxyl groups is 1. The third-order valence-corrected chi connectivity index (χ3v) is 2.61. The lowest BCUT2D eigenvalue weighted by Gasteiger charge is -2.21. The van der Waals surface area contributed by atoms with Crippen molar-refractivity contribution in [1.29, 1.82) is 0 Å². The second-order valence-electron chi connectivity index (χ2n) is 3.13. The fourth-order valence-electron chi connectivity index (χ4n) is 0.855. The van der Waals surface area contributed by atoms with Crippen molar-refractivity contribution in [2.24, 2.45) is 4.99 Å². The number of nitrogens with zero attached hydrogens (tertiary/aromatic N) is 1. The zero-order valence-electron chi connectivity index (χ0n) is 6.59. The Balaban J connectivity index is 2.61. The van der Waals surface area contributed by atoms with Crippen LogP contribution in [-0.4, -0.2) is 27.5 Å². The average Bonchev–Trinajstić information content (AvgIpc) is 2.11. The molecule has 0 aliphatic carbocycles. The molecule has 1 heterocycles. The molecule has 0 aromatic rings. The number of aliphatic imine (C=N–C) groups is 1. The fourth-order valence-corrected chi connectivity index (χ4v) is 1.94. The second-order valence-corrected chi connectivity index (χ2v) is 4.34. The summed E-state index contributed by atoms with van der Waals surface area (Å²) in [4.78, 5) is 4.29. The van der Waals surface area contributed by atoms with Crippen LogP contribution in [0.2, 0.25) is 0 Å². The van der Waals surface area contributed by atoms with E-state index in [1.54, 1.807) is 25.6 Å². The quantitative estimate of drug-likeness (QED) is 0.625. The number of hydrogen-bond donors (Lipinski definition) is 1. The molecule has 1 aliphatic heterocycles. The van der Waals surface area contributed by atoms with Gasteiger partial charge in [-0.2, -0.15) is 0 Å². The van der Waals surface area contributed by atoms with E-state index in [1.807, 2.05) is 6.92 Å². The zero-order chi connectivity index (χ0) is 7.78.